The second-order valence-corrected chi connectivity index (χ2v) is 13.3. The molecule has 2 aromatic heterocycles. The van der Waals surface area contributed by atoms with E-state index in [1.807, 2.05) is 19.3 Å². The predicted octanol–water partition coefficient (Wildman–Crippen LogP) is 6.89. The normalized spacial score (nSPS) is 18.4. The van der Waals surface area contributed by atoms with Crippen LogP contribution in [0.25, 0.3) is 33.2 Å². The van der Waals surface area contributed by atoms with E-state index in [1.54, 1.807) is 47.4 Å². The van der Waals surface area contributed by atoms with Crippen LogP contribution in [0.3, 0.4) is 0 Å². The molecule has 2 bridgehead atoms. The number of carbonyl (C=O) groups excluding carboxylic acids is 2. The Bertz CT molecular complexity index is 2130. The van der Waals surface area contributed by atoms with Gasteiger partial charge in [-0.25, -0.2) is 9.18 Å². The zero-order valence-electron chi connectivity index (χ0n) is 26.6. The molecule has 2 unspecified atom stereocenters. The SMILES string of the molecule is COC(=O)c1cc(F)c(-c2cccc3c2OCN(C(=O)c2c(Cl)cc(-c4cncc5cn(C)nc45)cc2Cl)C3)cc1N1C2CCC1COC2. The number of pyridine rings is 1. The number of halogens is 3. The number of amides is 1. The first-order valence-electron chi connectivity index (χ1n) is 15.8. The molecule has 0 N–H and O–H groups in total. The molecular formula is C36H30Cl2FN5O5. The number of esters is 1. The molecule has 49 heavy (non-hydrogen) atoms. The van der Waals surface area contributed by atoms with Crippen molar-refractivity contribution < 1.29 is 28.2 Å². The van der Waals surface area contributed by atoms with Crippen LogP contribution in [0.1, 0.15) is 39.1 Å². The summed E-state index contributed by atoms with van der Waals surface area (Å²) in [5.41, 5.74) is 4.54. The number of carbonyl (C=O) groups is 2. The van der Waals surface area contributed by atoms with Crippen molar-refractivity contribution >= 4 is 51.7 Å². The summed E-state index contributed by atoms with van der Waals surface area (Å²) in [7, 11) is 3.12. The zero-order chi connectivity index (χ0) is 34.0. The number of fused-ring (bicyclic) bond motifs is 4. The van der Waals surface area contributed by atoms with Gasteiger partial charge in [0, 0.05) is 53.3 Å². The molecule has 3 aliphatic rings. The number of nitrogens with zero attached hydrogens (tertiary/aromatic N) is 5. The number of methoxy groups -OCH3 is 1. The highest BCUT2D eigenvalue weighted by molar-refractivity contribution is 6.40. The minimum atomic E-state index is -0.609. The van der Waals surface area contributed by atoms with Crippen molar-refractivity contribution in [2.45, 2.75) is 31.5 Å². The van der Waals surface area contributed by atoms with Gasteiger partial charge in [-0.3, -0.25) is 14.5 Å². The molecule has 0 spiro atoms. The van der Waals surface area contributed by atoms with E-state index in [1.165, 1.54) is 18.1 Å². The summed E-state index contributed by atoms with van der Waals surface area (Å²) in [6.45, 7) is 1.13. The largest absolute Gasteiger partial charge is 0.472 e. The first kappa shape index (κ1) is 31.6. The molecule has 3 aromatic carbocycles. The van der Waals surface area contributed by atoms with Gasteiger partial charge in [-0.1, -0.05) is 41.4 Å². The lowest BCUT2D eigenvalue weighted by Gasteiger charge is -2.37. The Balaban J connectivity index is 1.11. The second kappa shape index (κ2) is 12.3. The topological polar surface area (TPSA) is 99.0 Å². The van der Waals surface area contributed by atoms with Gasteiger partial charge >= 0.3 is 5.97 Å². The summed E-state index contributed by atoms with van der Waals surface area (Å²) < 4.78 is 34.6. The van der Waals surface area contributed by atoms with Crippen LogP contribution in [0.5, 0.6) is 5.75 Å². The third kappa shape index (κ3) is 5.36. The third-order valence-electron chi connectivity index (χ3n) is 9.51. The van der Waals surface area contributed by atoms with E-state index in [-0.39, 0.29) is 52.1 Å². The average Bonchev–Trinajstić information content (AvgIpc) is 3.60. The highest BCUT2D eigenvalue weighted by Crippen LogP contribution is 2.44. The minimum absolute atomic E-state index is 0.0778. The molecule has 2 saturated heterocycles. The molecule has 0 saturated carbocycles. The Morgan fingerprint density at radius 2 is 1.76 bits per heavy atom. The predicted molar refractivity (Wildman–Crippen MR) is 183 cm³/mol. The molecule has 8 rings (SSSR count). The van der Waals surface area contributed by atoms with Crippen molar-refractivity contribution in [2.24, 2.45) is 7.05 Å². The molecule has 10 nitrogen and oxygen atoms in total. The van der Waals surface area contributed by atoms with E-state index >= 15 is 4.39 Å². The van der Waals surface area contributed by atoms with E-state index < -0.39 is 17.7 Å². The monoisotopic (exact) mass is 701 g/mol. The van der Waals surface area contributed by atoms with Gasteiger partial charge in [-0.15, -0.1) is 0 Å². The van der Waals surface area contributed by atoms with Gasteiger partial charge in [0.25, 0.3) is 5.91 Å². The number of rotatable bonds is 5. The lowest BCUT2D eigenvalue weighted by atomic mass is 9.96. The lowest BCUT2D eigenvalue weighted by Crippen LogP contribution is -2.46. The number of hydrogen-bond donors (Lipinski definition) is 0. The molecule has 2 fully saturated rings. The van der Waals surface area contributed by atoms with E-state index in [0.717, 1.165) is 29.3 Å². The number of para-hydroxylation sites is 1. The molecule has 1 amide bonds. The van der Waals surface area contributed by atoms with Crippen molar-refractivity contribution in [3.8, 4) is 28.0 Å². The van der Waals surface area contributed by atoms with Crippen LogP contribution >= 0.6 is 23.2 Å². The van der Waals surface area contributed by atoms with Gasteiger partial charge < -0.3 is 24.0 Å². The maximum Gasteiger partial charge on any atom is 0.340 e. The fourth-order valence-corrected chi connectivity index (χ4v) is 7.91. The number of hydrogen-bond acceptors (Lipinski definition) is 8. The molecule has 250 valence electrons. The Morgan fingerprint density at radius 3 is 2.49 bits per heavy atom. The fraction of sp³-hybridized carbons (Fsp3) is 0.278. The van der Waals surface area contributed by atoms with Gasteiger partial charge in [0.2, 0.25) is 0 Å². The summed E-state index contributed by atoms with van der Waals surface area (Å²) in [6, 6.07) is 11.9. The van der Waals surface area contributed by atoms with Gasteiger partial charge in [0.15, 0.2) is 6.73 Å². The summed E-state index contributed by atoms with van der Waals surface area (Å²) in [5, 5.41) is 5.75. The summed E-state index contributed by atoms with van der Waals surface area (Å²) >= 11 is 13.4. The number of anilines is 1. The van der Waals surface area contributed by atoms with E-state index in [9.17, 15) is 9.59 Å². The smallest absolute Gasteiger partial charge is 0.340 e. The number of ether oxygens (including phenoxy) is 3. The summed E-state index contributed by atoms with van der Waals surface area (Å²) in [4.78, 5) is 34.7. The van der Waals surface area contributed by atoms with Crippen molar-refractivity contribution in [3.05, 3.63) is 93.6 Å². The van der Waals surface area contributed by atoms with Gasteiger partial charge in [-0.05, 0) is 42.7 Å². The van der Waals surface area contributed by atoms with Crippen molar-refractivity contribution in [1.82, 2.24) is 19.7 Å². The maximum absolute atomic E-state index is 15.9. The molecular weight excluding hydrogens is 672 g/mol. The number of aromatic nitrogens is 3. The van der Waals surface area contributed by atoms with Crippen LogP contribution in [-0.2, 0) is 23.1 Å². The van der Waals surface area contributed by atoms with Crippen molar-refractivity contribution in [2.75, 3.05) is 32.0 Å². The maximum atomic E-state index is 15.9. The third-order valence-corrected chi connectivity index (χ3v) is 10.1. The first-order valence-corrected chi connectivity index (χ1v) is 16.6. The van der Waals surface area contributed by atoms with Crippen molar-refractivity contribution in [1.29, 1.82) is 0 Å². The van der Waals surface area contributed by atoms with Crippen LogP contribution in [-0.4, -0.2) is 70.7 Å². The quantitative estimate of drug-likeness (QED) is 0.183. The Labute approximate surface area is 290 Å². The number of morpholine rings is 1. The van der Waals surface area contributed by atoms with Gasteiger partial charge in [0.05, 0.1) is 65.8 Å². The second-order valence-electron chi connectivity index (χ2n) is 12.5. The van der Waals surface area contributed by atoms with Crippen LogP contribution < -0.4 is 9.64 Å². The van der Waals surface area contributed by atoms with Crippen LogP contribution in [0.15, 0.2) is 61.1 Å². The molecule has 13 heteroatoms. The van der Waals surface area contributed by atoms with E-state index in [2.05, 4.69) is 15.0 Å². The highest BCUT2D eigenvalue weighted by Gasteiger charge is 2.40. The van der Waals surface area contributed by atoms with Crippen LogP contribution in [0.4, 0.5) is 10.1 Å². The molecule has 0 aliphatic carbocycles. The number of benzene rings is 3. The molecule has 5 heterocycles. The fourth-order valence-electron chi connectivity index (χ4n) is 7.26. The lowest BCUT2D eigenvalue weighted by molar-refractivity contribution is 0.0515. The van der Waals surface area contributed by atoms with Crippen LogP contribution in [0, 0.1) is 5.82 Å². The average molecular weight is 703 g/mol. The molecule has 2 atom stereocenters. The number of aryl methyl sites for hydroxylation is 1. The Morgan fingerprint density at radius 1 is 1.00 bits per heavy atom. The van der Waals surface area contributed by atoms with Gasteiger partial charge in [-0.2, -0.15) is 5.10 Å². The summed E-state index contributed by atoms with van der Waals surface area (Å²) in [6.07, 6.45) is 7.11. The molecule has 0 radical (unpaired) electrons. The van der Waals surface area contributed by atoms with Gasteiger partial charge in [0.1, 0.15) is 17.1 Å². The van der Waals surface area contributed by atoms with Crippen molar-refractivity contribution in [3.63, 3.8) is 0 Å². The Kier molecular flexibility index (Phi) is 7.93. The molecule has 3 aliphatic heterocycles. The first-order chi connectivity index (χ1) is 23.7. The highest BCUT2D eigenvalue weighted by atomic mass is 35.5. The molecule has 5 aromatic rings. The zero-order valence-corrected chi connectivity index (χ0v) is 28.1. The minimum Gasteiger partial charge on any atom is -0.472 e. The van der Waals surface area contributed by atoms with E-state index in [0.29, 0.717) is 41.3 Å². The van der Waals surface area contributed by atoms with Crippen LogP contribution in [0.2, 0.25) is 10.0 Å². The van der Waals surface area contributed by atoms with E-state index in [4.69, 9.17) is 37.4 Å². The standard InChI is InChI=1S/C36H30Cl2FN5O5/c1-42-14-21-12-40-13-27(33(21)41-42)20-8-28(37)32(29(38)9-20)35(45)43-15-19-4-3-5-24(34(19)49-18-43)25-11-31(26(10-30(25)39)36(46)47-2)44-22-6-7-23(44)17-48-16-22/h3-5,8-14,22-23H,6-7,15-18H2,1-2H3. The Hall–Kier alpha value is -4.71. The summed E-state index contributed by atoms with van der Waals surface area (Å²) in [5.74, 6) is -1.15.